The molecule has 8 heteroatoms. The lowest BCUT2D eigenvalue weighted by Crippen LogP contribution is -2.24. The zero-order valence-electron chi connectivity index (χ0n) is 17.6. The van der Waals surface area contributed by atoms with Crippen molar-refractivity contribution in [3.63, 3.8) is 0 Å². The van der Waals surface area contributed by atoms with Crippen molar-refractivity contribution in [1.82, 2.24) is 4.31 Å². The summed E-state index contributed by atoms with van der Waals surface area (Å²) in [5.74, 6) is 0.812. The van der Waals surface area contributed by atoms with Crippen LogP contribution in [0.4, 0.5) is 5.69 Å². The first kappa shape index (κ1) is 22.7. The number of amides is 1. The number of sulfonamides is 1. The van der Waals surface area contributed by atoms with Gasteiger partial charge in [0.1, 0.15) is 16.4 Å². The van der Waals surface area contributed by atoms with Crippen LogP contribution in [-0.4, -0.2) is 46.4 Å². The Kier molecular flexibility index (Phi) is 7.26. The van der Waals surface area contributed by atoms with Gasteiger partial charge in [-0.1, -0.05) is 26.0 Å². The minimum absolute atomic E-state index is 0.0239. The number of carbonyl (C=O) groups excluding carboxylic acids is 1. The summed E-state index contributed by atoms with van der Waals surface area (Å²) in [5, 5.41) is 2.67. The first-order valence-electron chi connectivity index (χ1n) is 9.20. The monoisotopic (exact) mass is 420 g/mol. The van der Waals surface area contributed by atoms with E-state index >= 15 is 0 Å². The van der Waals surface area contributed by atoms with Crippen LogP contribution >= 0.6 is 0 Å². The van der Waals surface area contributed by atoms with Crippen LogP contribution in [0, 0.1) is 6.92 Å². The highest BCUT2D eigenvalue weighted by molar-refractivity contribution is 7.89. The largest absolute Gasteiger partial charge is 0.495 e. The van der Waals surface area contributed by atoms with Gasteiger partial charge in [0.2, 0.25) is 10.0 Å². The highest BCUT2D eigenvalue weighted by atomic mass is 32.2. The molecule has 1 N–H and O–H groups in total. The normalized spacial score (nSPS) is 11.6. The van der Waals surface area contributed by atoms with Crippen LogP contribution in [0.5, 0.6) is 11.5 Å². The van der Waals surface area contributed by atoms with E-state index in [9.17, 15) is 13.2 Å². The van der Waals surface area contributed by atoms with Crippen molar-refractivity contribution >= 4 is 21.6 Å². The summed E-state index contributed by atoms with van der Waals surface area (Å²) >= 11 is 0. The maximum atomic E-state index is 12.5. The highest BCUT2D eigenvalue weighted by Crippen LogP contribution is 2.29. The molecule has 0 radical (unpaired) electrons. The predicted molar refractivity (Wildman–Crippen MR) is 113 cm³/mol. The fourth-order valence-corrected chi connectivity index (χ4v) is 3.70. The van der Waals surface area contributed by atoms with Crippen molar-refractivity contribution in [2.24, 2.45) is 0 Å². The molecule has 2 aromatic carbocycles. The summed E-state index contributed by atoms with van der Waals surface area (Å²) in [6, 6.07) is 10.4. The zero-order valence-corrected chi connectivity index (χ0v) is 18.5. The maximum Gasteiger partial charge on any atom is 0.262 e. The standard InChI is InChI=1S/C21H28N2O5S/c1-14(2)16-8-7-15(3)19(11-16)28-13-21(24)22-17-9-10-18(27-6)20(12-17)29(25,26)23(4)5/h7-12,14H,13H2,1-6H3,(H,22,24). The van der Waals surface area contributed by atoms with Gasteiger partial charge >= 0.3 is 0 Å². The van der Waals surface area contributed by atoms with Gasteiger partial charge in [-0.3, -0.25) is 4.79 Å². The Labute approximate surface area is 172 Å². The highest BCUT2D eigenvalue weighted by Gasteiger charge is 2.23. The number of anilines is 1. The van der Waals surface area contributed by atoms with E-state index in [4.69, 9.17) is 9.47 Å². The fourth-order valence-electron chi connectivity index (χ4n) is 2.62. The third-order valence-electron chi connectivity index (χ3n) is 4.44. The summed E-state index contributed by atoms with van der Waals surface area (Å²) in [4.78, 5) is 12.3. The molecule has 0 aliphatic rings. The van der Waals surface area contributed by atoms with Gasteiger partial charge in [0.25, 0.3) is 5.91 Å². The number of ether oxygens (including phenoxy) is 2. The van der Waals surface area contributed by atoms with E-state index in [2.05, 4.69) is 19.2 Å². The Morgan fingerprint density at radius 1 is 1.10 bits per heavy atom. The van der Waals surface area contributed by atoms with Crippen molar-refractivity contribution in [3.05, 3.63) is 47.5 Å². The molecule has 158 valence electrons. The molecule has 0 saturated carbocycles. The van der Waals surface area contributed by atoms with Crippen molar-refractivity contribution < 1.29 is 22.7 Å². The number of rotatable bonds is 8. The minimum atomic E-state index is -3.73. The van der Waals surface area contributed by atoms with Gasteiger partial charge in [-0.2, -0.15) is 0 Å². The topological polar surface area (TPSA) is 84.9 Å². The average Bonchev–Trinajstić information content (AvgIpc) is 2.66. The second-order valence-electron chi connectivity index (χ2n) is 7.17. The first-order valence-corrected chi connectivity index (χ1v) is 10.6. The Hall–Kier alpha value is -2.58. The molecule has 2 rings (SSSR count). The molecule has 0 fully saturated rings. The van der Waals surface area contributed by atoms with Gasteiger partial charge in [0.15, 0.2) is 6.61 Å². The second kappa shape index (κ2) is 9.28. The van der Waals surface area contributed by atoms with Gasteiger partial charge in [0, 0.05) is 19.8 Å². The maximum absolute atomic E-state index is 12.5. The molecular formula is C21H28N2O5S. The summed E-state index contributed by atoms with van der Waals surface area (Å²) in [6.45, 7) is 5.90. The molecule has 0 unspecified atom stereocenters. The van der Waals surface area contributed by atoms with Crippen LogP contribution in [-0.2, 0) is 14.8 Å². The van der Waals surface area contributed by atoms with Gasteiger partial charge in [-0.25, -0.2) is 12.7 Å². The van der Waals surface area contributed by atoms with Crippen molar-refractivity contribution in [2.75, 3.05) is 33.1 Å². The second-order valence-corrected chi connectivity index (χ2v) is 9.29. The van der Waals surface area contributed by atoms with E-state index in [0.29, 0.717) is 17.4 Å². The fraction of sp³-hybridized carbons (Fsp3) is 0.381. The molecule has 0 spiro atoms. The van der Waals surface area contributed by atoms with Crippen LogP contribution < -0.4 is 14.8 Å². The molecule has 0 saturated heterocycles. The summed E-state index contributed by atoms with van der Waals surface area (Å²) < 4.78 is 36.9. The number of benzene rings is 2. The van der Waals surface area contributed by atoms with E-state index in [1.165, 1.54) is 33.3 Å². The van der Waals surface area contributed by atoms with Crippen LogP contribution in [0.15, 0.2) is 41.3 Å². The molecule has 1 amide bonds. The number of nitrogens with one attached hydrogen (secondary N) is 1. The van der Waals surface area contributed by atoms with Crippen molar-refractivity contribution in [1.29, 1.82) is 0 Å². The number of nitrogens with zero attached hydrogens (tertiary/aromatic N) is 1. The third kappa shape index (κ3) is 5.48. The predicted octanol–water partition coefficient (Wildman–Crippen LogP) is 3.39. The summed E-state index contributed by atoms with van der Waals surface area (Å²) in [6.07, 6.45) is 0. The van der Waals surface area contributed by atoms with Gasteiger partial charge in [-0.05, 0) is 48.2 Å². The Morgan fingerprint density at radius 2 is 1.79 bits per heavy atom. The molecule has 0 aliphatic heterocycles. The van der Waals surface area contributed by atoms with Crippen LogP contribution in [0.1, 0.15) is 30.9 Å². The zero-order chi connectivity index (χ0) is 21.8. The third-order valence-corrected chi connectivity index (χ3v) is 6.28. The van der Waals surface area contributed by atoms with E-state index in [1.54, 1.807) is 6.07 Å². The van der Waals surface area contributed by atoms with Gasteiger partial charge < -0.3 is 14.8 Å². The van der Waals surface area contributed by atoms with Gasteiger partial charge in [0.05, 0.1) is 7.11 Å². The quantitative estimate of drug-likeness (QED) is 0.708. The van der Waals surface area contributed by atoms with E-state index in [-0.39, 0.29) is 17.3 Å². The average molecular weight is 421 g/mol. The molecule has 0 atom stereocenters. The number of hydrogen-bond acceptors (Lipinski definition) is 5. The first-order chi connectivity index (χ1) is 13.6. The number of aryl methyl sites for hydroxylation is 1. The smallest absolute Gasteiger partial charge is 0.262 e. The Balaban J connectivity index is 2.15. The molecule has 0 aliphatic carbocycles. The Morgan fingerprint density at radius 3 is 2.38 bits per heavy atom. The van der Waals surface area contributed by atoms with Crippen LogP contribution in [0.2, 0.25) is 0 Å². The van der Waals surface area contributed by atoms with E-state index < -0.39 is 15.9 Å². The summed E-state index contributed by atoms with van der Waals surface area (Å²) in [7, 11) is 0.531. The molecule has 0 aromatic heterocycles. The Bertz CT molecular complexity index is 985. The minimum Gasteiger partial charge on any atom is -0.495 e. The van der Waals surface area contributed by atoms with Crippen LogP contribution in [0.25, 0.3) is 0 Å². The van der Waals surface area contributed by atoms with E-state index in [1.807, 2.05) is 25.1 Å². The van der Waals surface area contributed by atoms with E-state index in [0.717, 1.165) is 15.4 Å². The summed E-state index contributed by atoms with van der Waals surface area (Å²) in [5.41, 5.74) is 2.40. The molecule has 2 aromatic rings. The molecule has 0 heterocycles. The number of hydrogen-bond donors (Lipinski definition) is 1. The number of carbonyl (C=O) groups is 1. The lowest BCUT2D eigenvalue weighted by molar-refractivity contribution is -0.118. The lowest BCUT2D eigenvalue weighted by Gasteiger charge is -2.16. The molecular weight excluding hydrogens is 392 g/mol. The van der Waals surface area contributed by atoms with Crippen molar-refractivity contribution in [3.8, 4) is 11.5 Å². The number of methoxy groups -OCH3 is 1. The van der Waals surface area contributed by atoms with Crippen LogP contribution in [0.3, 0.4) is 0 Å². The lowest BCUT2D eigenvalue weighted by atomic mass is 10.0. The molecule has 0 bridgehead atoms. The SMILES string of the molecule is COc1ccc(NC(=O)COc2cc(C(C)C)ccc2C)cc1S(=O)(=O)N(C)C. The molecule has 7 nitrogen and oxygen atoms in total. The van der Waals surface area contributed by atoms with Gasteiger partial charge in [-0.15, -0.1) is 0 Å². The van der Waals surface area contributed by atoms with Crippen molar-refractivity contribution in [2.45, 2.75) is 31.6 Å². The molecule has 29 heavy (non-hydrogen) atoms.